The second kappa shape index (κ2) is 7.38. The molecule has 0 radical (unpaired) electrons. The van der Waals surface area contributed by atoms with Gasteiger partial charge in [-0.05, 0) is 18.6 Å². The molecule has 0 saturated carbocycles. The molecule has 1 aromatic rings. The molecule has 1 unspecified atom stereocenters. The number of aliphatic carboxylic acids is 1. The molecule has 4 N–H and O–H groups in total. The maximum Gasteiger partial charge on any atom is 0.341 e. The molecule has 1 atom stereocenters. The fourth-order valence-corrected chi connectivity index (χ4v) is 1.49. The number of carbonyl (C=O) groups excluding carboxylic acids is 1. The van der Waals surface area contributed by atoms with E-state index in [0.29, 0.717) is 17.9 Å². The lowest BCUT2D eigenvalue weighted by molar-refractivity contribution is -0.139. The molecule has 104 valence electrons. The average molecular weight is 266 g/mol. The summed E-state index contributed by atoms with van der Waals surface area (Å²) < 4.78 is 5.02. The Labute approximate surface area is 111 Å². The minimum atomic E-state index is -1.06. The van der Waals surface area contributed by atoms with Crippen LogP contribution in [-0.4, -0.2) is 29.6 Å². The lowest BCUT2D eigenvalue weighted by Gasteiger charge is -2.12. The predicted octanol–water partition coefficient (Wildman–Crippen LogP) is 1.22. The van der Waals surface area contributed by atoms with Crippen LogP contribution in [0, 0.1) is 0 Å². The van der Waals surface area contributed by atoms with Gasteiger partial charge in [0, 0.05) is 11.8 Å². The Bertz CT molecular complexity index is 448. The molecule has 1 amide bonds. The molecule has 6 heteroatoms. The number of rotatable bonds is 7. The smallest absolute Gasteiger partial charge is 0.341 e. The summed E-state index contributed by atoms with van der Waals surface area (Å²) in [5.41, 5.74) is 6.22. The molecule has 0 aromatic heterocycles. The Balaban J connectivity index is 2.61. The van der Waals surface area contributed by atoms with E-state index in [1.807, 2.05) is 6.92 Å². The molecule has 0 aliphatic heterocycles. The highest BCUT2D eigenvalue weighted by molar-refractivity contribution is 5.94. The van der Waals surface area contributed by atoms with E-state index < -0.39 is 18.6 Å². The topological polar surface area (TPSA) is 102 Å². The van der Waals surface area contributed by atoms with E-state index in [2.05, 4.69) is 5.32 Å². The highest BCUT2D eigenvalue weighted by Crippen LogP contribution is 2.17. The van der Waals surface area contributed by atoms with E-state index in [0.717, 1.165) is 6.42 Å². The van der Waals surface area contributed by atoms with Gasteiger partial charge < -0.3 is 20.9 Å². The highest BCUT2D eigenvalue weighted by Gasteiger charge is 2.12. The average Bonchev–Trinajstić information content (AvgIpc) is 2.37. The van der Waals surface area contributed by atoms with Gasteiger partial charge in [-0.1, -0.05) is 19.4 Å². The number of carboxylic acid groups (broad SMARTS) is 1. The minimum Gasteiger partial charge on any atom is -0.482 e. The number of benzene rings is 1. The van der Waals surface area contributed by atoms with Crippen LogP contribution in [-0.2, 0) is 9.59 Å². The van der Waals surface area contributed by atoms with Crippen molar-refractivity contribution in [2.75, 3.05) is 11.9 Å². The van der Waals surface area contributed by atoms with E-state index in [1.54, 1.807) is 24.3 Å². The quantitative estimate of drug-likeness (QED) is 0.688. The van der Waals surface area contributed by atoms with Crippen LogP contribution in [0.2, 0.25) is 0 Å². The molecular weight excluding hydrogens is 248 g/mol. The molecule has 0 aliphatic rings. The number of carboxylic acids is 1. The zero-order chi connectivity index (χ0) is 14.3. The maximum absolute atomic E-state index is 11.7. The van der Waals surface area contributed by atoms with Crippen LogP contribution < -0.4 is 15.8 Å². The normalized spacial score (nSPS) is 11.7. The first-order valence-corrected chi connectivity index (χ1v) is 6.04. The van der Waals surface area contributed by atoms with Crippen LogP contribution in [0.5, 0.6) is 5.75 Å². The molecule has 0 bridgehead atoms. The van der Waals surface area contributed by atoms with Crippen LogP contribution in [0.3, 0.4) is 0 Å². The Morgan fingerprint density at radius 1 is 1.47 bits per heavy atom. The summed E-state index contributed by atoms with van der Waals surface area (Å²) in [5.74, 6) is -0.944. The molecular formula is C13H18N2O4. The molecule has 0 aliphatic carbocycles. The van der Waals surface area contributed by atoms with E-state index >= 15 is 0 Å². The highest BCUT2D eigenvalue weighted by atomic mass is 16.5. The second-order valence-corrected chi connectivity index (χ2v) is 4.09. The van der Waals surface area contributed by atoms with E-state index in [1.165, 1.54) is 0 Å². The van der Waals surface area contributed by atoms with Gasteiger partial charge in [-0.15, -0.1) is 0 Å². The summed E-state index contributed by atoms with van der Waals surface area (Å²) in [6, 6.07) is 5.97. The number of nitrogens with two attached hydrogens (primary N) is 1. The van der Waals surface area contributed by atoms with Crippen LogP contribution in [0.1, 0.15) is 19.8 Å². The van der Waals surface area contributed by atoms with E-state index in [4.69, 9.17) is 15.6 Å². The summed E-state index contributed by atoms with van der Waals surface area (Å²) in [6.07, 6.45) is 1.44. The van der Waals surface area contributed by atoms with Crippen LogP contribution in [0.25, 0.3) is 0 Å². The second-order valence-electron chi connectivity index (χ2n) is 4.09. The Morgan fingerprint density at radius 3 is 2.84 bits per heavy atom. The lowest BCUT2D eigenvalue weighted by atomic mass is 10.1. The SMILES string of the molecule is CCCC(N)C(=O)Nc1cccc(OCC(=O)O)c1. The van der Waals surface area contributed by atoms with Gasteiger partial charge in [0.15, 0.2) is 6.61 Å². The Hall–Kier alpha value is -2.08. The molecule has 1 rings (SSSR count). The van der Waals surface area contributed by atoms with Gasteiger partial charge in [0.1, 0.15) is 5.75 Å². The summed E-state index contributed by atoms with van der Waals surface area (Å²) >= 11 is 0. The predicted molar refractivity (Wildman–Crippen MR) is 71.1 cm³/mol. The minimum absolute atomic E-state index is 0.266. The van der Waals surface area contributed by atoms with Crippen molar-refractivity contribution in [2.45, 2.75) is 25.8 Å². The van der Waals surface area contributed by atoms with E-state index in [9.17, 15) is 9.59 Å². The number of anilines is 1. The zero-order valence-corrected chi connectivity index (χ0v) is 10.8. The number of nitrogens with one attached hydrogen (secondary N) is 1. The Kier molecular flexibility index (Phi) is 5.81. The molecule has 0 fully saturated rings. The first kappa shape index (κ1) is 15.0. The van der Waals surface area contributed by atoms with Crippen molar-refractivity contribution in [1.82, 2.24) is 0 Å². The van der Waals surface area contributed by atoms with Crippen molar-refractivity contribution in [2.24, 2.45) is 5.73 Å². The first-order chi connectivity index (χ1) is 9.02. The molecule has 6 nitrogen and oxygen atoms in total. The fourth-order valence-electron chi connectivity index (χ4n) is 1.49. The third-order valence-electron chi connectivity index (χ3n) is 2.40. The third-order valence-corrected chi connectivity index (χ3v) is 2.40. The van der Waals surface area contributed by atoms with Crippen molar-refractivity contribution in [3.8, 4) is 5.75 Å². The lowest BCUT2D eigenvalue weighted by Crippen LogP contribution is -2.35. The van der Waals surface area contributed by atoms with Crippen molar-refractivity contribution < 1.29 is 19.4 Å². The molecule has 0 saturated heterocycles. The van der Waals surface area contributed by atoms with Gasteiger partial charge in [-0.3, -0.25) is 4.79 Å². The number of hydrogen-bond acceptors (Lipinski definition) is 4. The van der Waals surface area contributed by atoms with Crippen LogP contribution in [0.4, 0.5) is 5.69 Å². The monoisotopic (exact) mass is 266 g/mol. The molecule has 0 spiro atoms. The van der Waals surface area contributed by atoms with Gasteiger partial charge in [0.2, 0.25) is 5.91 Å². The van der Waals surface area contributed by atoms with Crippen LogP contribution in [0.15, 0.2) is 24.3 Å². The van der Waals surface area contributed by atoms with Crippen molar-refractivity contribution in [3.05, 3.63) is 24.3 Å². The number of carbonyl (C=O) groups is 2. The van der Waals surface area contributed by atoms with Gasteiger partial charge in [-0.25, -0.2) is 4.79 Å². The number of hydrogen-bond donors (Lipinski definition) is 3. The standard InChI is InChI=1S/C13H18N2O4/c1-2-4-11(14)13(18)15-9-5-3-6-10(7-9)19-8-12(16)17/h3,5-7,11H,2,4,8,14H2,1H3,(H,15,18)(H,16,17). The van der Waals surface area contributed by atoms with E-state index in [-0.39, 0.29) is 5.91 Å². The first-order valence-electron chi connectivity index (χ1n) is 6.04. The number of ether oxygens (including phenoxy) is 1. The maximum atomic E-state index is 11.7. The van der Waals surface area contributed by atoms with Crippen molar-refractivity contribution in [3.63, 3.8) is 0 Å². The van der Waals surface area contributed by atoms with Crippen LogP contribution >= 0.6 is 0 Å². The van der Waals surface area contributed by atoms with Crippen molar-refractivity contribution >= 4 is 17.6 Å². The molecule has 0 heterocycles. The number of amides is 1. The van der Waals surface area contributed by atoms with Gasteiger partial charge in [0.25, 0.3) is 0 Å². The van der Waals surface area contributed by atoms with Gasteiger partial charge >= 0.3 is 5.97 Å². The van der Waals surface area contributed by atoms with Crippen molar-refractivity contribution in [1.29, 1.82) is 0 Å². The van der Waals surface area contributed by atoms with Gasteiger partial charge in [0.05, 0.1) is 6.04 Å². The summed E-state index contributed by atoms with van der Waals surface area (Å²) in [7, 11) is 0. The molecule has 19 heavy (non-hydrogen) atoms. The third kappa shape index (κ3) is 5.39. The summed E-state index contributed by atoms with van der Waals surface area (Å²) in [4.78, 5) is 22.1. The Morgan fingerprint density at radius 2 is 2.21 bits per heavy atom. The van der Waals surface area contributed by atoms with Gasteiger partial charge in [-0.2, -0.15) is 0 Å². The summed E-state index contributed by atoms with van der Waals surface area (Å²) in [5, 5.41) is 11.2. The summed E-state index contributed by atoms with van der Waals surface area (Å²) in [6.45, 7) is 1.53. The molecule has 1 aromatic carbocycles. The fraction of sp³-hybridized carbons (Fsp3) is 0.385. The zero-order valence-electron chi connectivity index (χ0n) is 10.8. The largest absolute Gasteiger partial charge is 0.482 e.